The number of thioether (sulfide) groups is 8. The van der Waals surface area contributed by atoms with Gasteiger partial charge in [-0.05, 0) is 6.42 Å². The molecule has 0 saturated carbocycles. The van der Waals surface area contributed by atoms with Crippen LogP contribution >= 0.6 is 94.1 Å². The summed E-state index contributed by atoms with van der Waals surface area (Å²) in [7, 11) is 0. The second-order valence-corrected chi connectivity index (χ2v) is 17.3. The third-order valence-electron chi connectivity index (χ3n) is 4.84. The highest BCUT2D eigenvalue weighted by atomic mass is 32.3. The summed E-state index contributed by atoms with van der Waals surface area (Å²) in [5.74, 6) is 3.87. The standard InChI is InChI=1S/C20H28S8/c1-2-3-4-5-6-7-8-9-10-14-13-23-17-18(24-14)28-20(27-17)19-25-15-16(26-19)22-12-11-21-15/h14H,2-13H2,1H3. The molecule has 0 aromatic rings. The summed E-state index contributed by atoms with van der Waals surface area (Å²) < 4.78 is 9.46. The van der Waals surface area contributed by atoms with E-state index in [4.69, 9.17) is 0 Å². The van der Waals surface area contributed by atoms with Gasteiger partial charge in [-0.15, -0.1) is 47.0 Å². The molecular formula is C20H28S8. The maximum atomic E-state index is 2.30. The van der Waals surface area contributed by atoms with Gasteiger partial charge in [0.25, 0.3) is 0 Å². The van der Waals surface area contributed by atoms with E-state index in [1.807, 2.05) is 23.5 Å². The summed E-state index contributed by atoms with van der Waals surface area (Å²) in [6.07, 6.45) is 12.9. The quantitative estimate of drug-likeness (QED) is 0.270. The number of rotatable bonds is 9. The summed E-state index contributed by atoms with van der Waals surface area (Å²) in [4.78, 5) is 0. The fraction of sp³-hybridized carbons (Fsp3) is 0.700. The molecule has 4 aliphatic rings. The van der Waals surface area contributed by atoms with Gasteiger partial charge in [-0.25, -0.2) is 0 Å². The Kier molecular flexibility index (Phi) is 10.2. The molecule has 0 amide bonds. The van der Waals surface area contributed by atoms with Crippen LogP contribution in [0.3, 0.4) is 0 Å². The third kappa shape index (κ3) is 6.52. The molecule has 28 heavy (non-hydrogen) atoms. The van der Waals surface area contributed by atoms with Crippen molar-refractivity contribution >= 4 is 94.1 Å². The van der Waals surface area contributed by atoms with Crippen LogP contribution in [0.5, 0.6) is 0 Å². The van der Waals surface area contributed by atoms with E-state index in [-0.39, 0.29) is 0 Å². The number of hydrogen-bond donors (Lipinski definition) is 0. The van der Waals surface area contributed by atoms with E-state index < -0.39 is 0 Å². The zero-order chi connectivity index (χ0) is 19.2. The van der Waals surface area contributed by atoms with Gasteiger partial charge in [0, 0.05) is 22.5 Å². The topological polar surface area (TPSA) is 0 Å². The van der Waals surface area contributed by atoms with Crippen molar-refractivity contribution in [2.45, 2.75) is 70.0 Å². The van der Waals surface area contributed by atoms with Crippen molar-refractivity contribution in [3.05, 3.63) is 25.4 Å². The minimum Gasteiger partial charge on any atom is -0.116 e. The van der Waals surface area contributed by atoms with Crippen molar-refractivity contribution in [1.82, 2.24) is 0 Å². The number of unbranched alkanes of at least 4 members (excludes halogenated alkanes) is 7. The Morgan fingerprint density at radius 3 is 1.79 bits per heavy atom. The van der Waals surface area contributed by atoms with Crippen molar-refractivity contribution < 1.29 is 0 Å². The van der Waals surface area contributed by atoms with Gasteiger partial charge in [0.2, 0.25) is 0 Å². The Bertz CT molecular complexity index is 631. The van der Waals surface area contributed by atoms with Gasteiger partial charge in [0.1, 0.15) is 0 Å². The lowest BCUT2D eigenvalue weighted by atomic mass is 10.1. The van der Waals surface area contributed by atoms with Crippen LogP contribution in [0.4, 0.5) is 0 Å². The maximum Gasteiger partial charge on any atom is 0.0717 e. The Morgan fingerprint density at radius 2 is 1.14 bits per heavy atom. The van der Waals surface area contributed by atoms with E-state index in [1.165, 1.54) is 75.0 Å². The van der Waals surface area contributed by atoms with Gasteiger partial charge >= 0.3 is 0 Å². The van der Waals surface area contributed by atoms with Gasteiger partial charge < -0.3 is 0 Å². The fourth-order valence-electron chi connectivity index (χ4n) is 3.32. The van der Waals surface area contributed by atoms with E-state index >= 15 is 0 Å². The Balaban J connectivity index is 1.17. The Hall–Kier alpha value is 2.02. The molecule has 0 bridgehead atoms. The first-order valence-corrected chi connectivity index (χ1v) is 17.4. The molecule has 0 aromatic heterocycles. The van der Waals surface area contributed by atoms with Crippen LogP contribution in [0, 0.1) is 0 Å². The van der Waals surface area contributed by atoms with Crippen LogP contribution in [-0.4, -0.2) is 22.5 Å². The normalized spacial score (nSPS) is 25.0. The Morgan fingerprint density at radius 1 is 0.607 bits per heavy atom. The van der Waals surface area contributed by atoms with E-state index in [2.05, 4.69) is 77.5 Å². The molecule has 0 spiro atoms. The monoisotopic (exact) mass is 524 g/mol. The molecule has 1 atom stereocenters. The molecule has 4 heterocycles. The molecule has 0 radical (unpaired) electrons. The molecule has 0 nitrogen and oxygen atoms in total. The molecule has 0 saturated heterocycles. The highest BCUT2D eigenvalue weighted by Gasteiger charge is 2.34. The summed E-state index contributed by atoms with van der Waals surface area (Å²) in [6, 6.07) is 0. The Labute approximate surface area is 205 Å². The van der Waals surface area contributed by atoms with Gasteiger partial charge in [-0.3, -0.25) is 0 Å². The molecule has 0 aromatic carbocycles. The average molecular weight is 525 g/mol. The molecule has 4 aliphatic heterocycles. The molecule has 0 aliphatic carbocycles. The SMILES string of the molecule is CCCCCCCCCCC1CSC2=C(SC(=C3SC4=C(SCCS4)S3)S2)S1. The first-order valence-electron chi connectivity index (χ1n) is 10.3. The maximum absolute atomic E-state index is 2.30. The highest BCUT2D eigenvalue weighted by Crippen LogP contribution is 2.68. The summed E-state index contributed by atoms with van der Waals surface area (Å²) in [5, 5.41) is 0.836. The van der Waals surface area contributed by atoms with Crippen LogP contribution in [0.2, 0.25) is 0 Å². The molecule has 156 valence electrons. The van der Waals surface area contributed by atoms with Crippen molar-refractivity contribution in [1.29, 1.82) is 0 Å². The largest absolute Gasteiger partial charge is 0.116 e. The first kappa shape index (κ1) is 23.2. The molecule has 8 heteroatoms. The minimum absolute atomic E-state index is 0.836. The lowest BCUT2D eigenvalue weighted by Crippen LogP contribution is -2.09. The second-order valence-electron chi connectivity index (χ2n) is 7.14. The van der Waals surface area contributed by atoms with Gasteiger partial charge in [0.05, 0.1) is 25.4 Å². The van der Waals surface area contributed by atoms with E-state index in [1.54, 1.807) is 25.4 Å². The van der Waals surface area contributed by atoms with Crippen LogP contribution in [0.25, 0.3) is 0 Å². The summed E-state index contributed by atoms with van der Waals surface area (Å²) in [6.45, 7) is 2.30. The van der Waals surface area contributed by atoms with Crippen molar-refractivity contribution in [2.24, 2.45) is 0 Å². The van der Waals surface area contributed by atoms with E-state index in [0.29, 0.717) is 0 Å². The van der Waals surface area contributed by atoms with Crippen molar-refractivity contribution in [3.63, 3.8) is 0 Å². The zero-order valence-electron chi connectivity index (χ0n) is 16.3. The summed E-state index contributed by atoms with van der Waals surface area (Å²) >= 11 is 16.7. The molecule has 0 fully saturated rings. The lowest BCUT2D eigenvalue weighted by Gasteiger charge is -2.21. The first-order chi connectivity index (χ1) is 13.8. The predicted octanol–water partition coefficient (Wildman–Crippen LogP) is 10.2. The zero-order valence-corrected chi connectivity index (χ0v) is 22.9. The van der Waals surface area contributed by atoms with Gasteiger partial charge in [-0.2, -0.15) is 0 Å². The lowest BCUT2D eigenvalue weighted by molar-refractivity contribution is 0.565. The van der Waals surface area contributed by atoms with Crippen LogP contribution in [0.15, 0.2) is 25.4 Å². The van der Waals surface area contributed by atoms with Crippen molar-refractivity contribution in [2.75, 3.05) is 17.3 Å². The minimum atomic E-state index is 0.836. The summed E-state index contributed by atoms with van der Waals surface area (Å²) in [5.41, 5.74) is 0. The third-order valence-corrected chi connectivity index (χ3v) is 17.3. The van der Waals surface area contributed by atoms with Crippen LogP contribution < -0.4 is 0 Å². The van der Waals surface area contributed by atoms with E-state index in [9.17, 15) is 0 Å². The number of hydrogen-bond acceptors (Lipinski definition) is 8. The smallest absolute Gasteiger partial charge is 0.0717 e. The van der Waals surface area contributed by atoms with Crippen LogP contribution in [0.1, 0.15) is 64.7 Å². The molecule has 4 rings (SSSR count). The van der Waals surface area contributed by atoms with Crippen molar-refractivity contribution in [3.8, 4) is 0 Å². The molecule has 1 unspecified atom stereocenters. The molecule has 0 N–H and O–H groups in total. The molecular weight excluding hydrogens is 497 g/mol. The van der Waals surface area contributed by atoms with E-state index in [0.717, 1.165) is 5.25 Å². The second kappa shape index (κ2) is 12.3. The highest BCUT2D eigenvalue weighted by molar-refractivity contribution is 8.45. The predicted molar refractivity (Wildman–Crippen MR) is 147 cm³/mol. The average Bonchev–Trinajstić information content (AvgIpc) is 3.33. The fourth-order valence-corrected chi connectivity index (χ4v) is 16.0. The van der Waals surface area contributed by atoms with Gasteiger partial charge in [-0.1, -0.05) is 105 Å². The van der Waals surface area contributed by atoms with Gasteiger partial charge in [0.15, 0.2) is 0 Å². The van der Waals surface area contributed by atoms with Crippen LogP contribution in [-0.2, 0) is 0 Å².